The molecule has 390 valence electrons. The maximum Gasteiger partial charge on any atom is 0.0540 e. The van der Waals surface area contributed by atoms with E-state index in [1.165, 1.54) is 130 Å². The third-order valence-electron chi connectivity index (χ3n) is 19.0. The zero-order valence-electron chi connectivity index (χ0n) is 46.4. The van der Waals surface area contributed by atoms with Crippen molar-refractivity contribution >= 4 is 142 Å². The van der Waals surface area contributed by atoms with Crippen molar-refractivity contribution in [3.63, 3.8) is 0 Å². The smallest absolute Gasteiger partial charge is 0.0540 e. The fourth-order valence-corrected chi connectivity index (χ4v) is 14.9. The van der Waals surface area contributed by atoms with Crippen LogP contribution in [0.1, 0.15) is 37.8 Å². The molecule has 16 aromatic rings. The van der Waals surface area contributed by atoms with Crippen molar-refractivity contribution in [2.24, 2.45) is 0 Å². The third kappa shape index (κ3) is 7.09. The minimum absolute atomic E-state index is 0.189. The van der Waals surface area contributed by atoms with Gasteiger partial charge in [-0.2, -0.15) is 0 Å². The highest BCUT2D eigenvalue weighted by molar-refractivity contribution is 6.29. The van der Waals surface area contributed by atoms with Gasteiger partial charge in [-0.1, -0.05) is 208 Å². The monoisotopic (exact) mass is 1060 g/mol. The molecule has 0 unspecified atom stereocenters. The molecule has 16 aromatic carbocycles. The molecule has 2 heteroatoms. The highest BCUT2D eigenvalue weighted by Crippen LogP contribution is 2.57. The van der Waals surface area contributed by atoms with Crippen LogP contribution in [0.3, 0.4) is 0 Å². The lowest BCUT2D eigenvalue weighted by Gasteiger charge is -2.30. The molecule has 0 radical (unpaired) electrons. The lowest BCUT2D eigenvalue weighted by atomic mass is 9.73. The van der Waals surface area contributed by atoms with Gasteiger partial charge in [-0.3, -0.25) is 0 Å². The molecule has 0 N–H and O–H groups in total. The van der Waals surface area contributed by atoms with Gasteiger partial charge in [0.15, 0.2) is 0 Å². The van der Waals surface area contributed by atoms with E-state index in [9.17, 15) is 0 Å². The van der Waals surface area contributed by atoms with Crippen LogP contribution in [0.15, 0.2) is 279 Å². The summed E-state index contributed by atoms with van der Waals surface area (Å²) in [6.07, 6.45) is 1.98. The van der Waals surface area contributed by atoms with Crippen LogP contribution in [0.4, 0.5) is 34.1 Å². The molecule has 0 heterocycles. The fourth-order valence-electron chi connectivity index (χ4n) is 14.9. The minimum Gasteiger partial charge on any atom is -0.310 e. The molecule has 0 atom stereocenters. The van der Waals surface area contributed by atoms with Crippen molar-refractivity contribution in [1.29, 1.82) is 0 Å². The summed E-state index contributed by atoms with van der Waals surface area (Å²) in [7, 11) is 0. The Morgan fingerprint density at radius 2 is 0.530 bits per heavy atom. The summed E-state index contributed by atoms with van der Waals surface area (Å²) in [5.74, 6) is 0. The Hall–Kier alpha value is -10.3. The molecule has 0 aromatic heterocycles. The maximum absolute atomic E-state index is 2.61. The quantitative estimate of drug-likeness (QED) is 0.140. The number of anilines is 6. The Balaban J connectivity index is 0.870. The van der Waals surface area contributed by atoms with E-state index in [0.29, 0.717) is 0 Å². The van der Waals surface area contributed by atoms with Crippen molar-refractivity contribution in [3.8, 4) is 11.1 Å². The van der Waals surface area contributed by atoms with Crippen LogP contribution in [0.25, 0.3) is 119 Å². The Kier molecular flexibility index (Phi) is 10.5. The van der Waals surface area contributed by atoms with Crippen LogP contribution in [-0.2, 0) is 5.41 Å². The van der Waals surface area contributed by atoms with Gasteiger partial charge in [-0.25, -0.2) is 0 Å². The molecular formula is C81H56N2. The van der Waals surface area contributed by atoms with Gasteiger partial charge in [0.25, 0.3) is 0 Å². The number of rotatable bonds is 8. The van der Waals surface area contributed by atoms with Gasteiger partial charge in [-0.05, 0) is 217 Å². The molecule has 0 saturated heterocycles. The van der Waals surface area contributed by atoms with Gasteiger partial charge >= 0.3 is 0 Å². The van der Waals surface area contributed by atoms with Gasteiger partial charge in [-0.15, -0.1) is 0 Å². The number of benzene rings is 16. The van der Waals surface area contributed by atoms with Crippen LogP contribution in [-0.4, -0.2) is 0 Å². The van der Waals surface area contributed by atoms with Gasteiger partial charge < -0.3 is 9.80 Å². The van der Waals surface area contributed by atoms with Crippen molar-refractivity contribution in [3.05, 3.63) is 290 Å². The lowest BCUT2D eigenvalue weighted by Crippen LogP contribution is -2.23. The van der Waals surface area contributed by atoms with E-state index in [2.05, 4.69) is 303 Å². The highest BCUT2D eigenvalue weighted by Gasteiger charge is 2.41. The zero-order valence-corrected chi connectivity index (χ0v) is 46.4. The molecule has 83 heavy (non-hydrogen) atoms. The van der Waals surface area contributed by atoms with E-state index in [-0.39, 0.29) is 5.41 Å². The maximum atomic E-state index is 2.61. The van der Waals surface area contributed by atoms with Crippen LogP contribution in [0.2, 0.25) is 0 Å². The van der Waals surface area contributed by atoms with Gasteiger partial charge in [0, 0.05) is 38.9 Å². The summed E-state index contributed by atoms with van der Waals surface area (Å²) in [6.45, 7) is 4.82. The molecule has 0 amide bonds. The van der Waals surface area contributed by atoms with Crippen molar-refractivity contribution < 1.29 is 0 Å². The van der Waals surface area contributed by atoms with E-state index in [4.69, 9.17) is 0 Å². The number of nitrogens with zero attached hydrogens (tertiary/aromatic N) is 2. The predicted molar refractivity (Wildman–Crippen MR) is 358 cm³/mol. The average molecular weight is 1060 g/mol. The number of hydrogen-bond acceptors (Lipinski definition) is 2. The Bertz CT molecular complexity index is 5050. The zero-order chi connectivity index (χ0) is 54.9. The molecule has 0 spiro atoms. The molecular weight excluding hydrogens is 1000 g/mol. The lowest BCUT2D eigenvalue weighted by molar-refractivity contribution is 0.491. The highest BCUT2D eigenvalue weighted by atomic mass is 15.1. The molecule has 0 fully saturated rings. The summed E-state index contributed by atoms with van der Waals surface area (Å²) < 4.78 is 0. The first-order valence-corrected chi connectivity index (χ1v) is 29.4. The summed E-state index contributed by atoms with van der Waals surface area (Å²) in [5, 5.41) is 25.1. The molecule has 0 bridgehead atoms. The molecule has 17 rings (SSSR count). The average Bonchev–Trinajstić information content (AvgIpc) is 1.80. The van der Waals surface area contributed by atoms with E-state index in [1.807, 2.05) is 0 Å². The second-order valence-corrected chi connectivity index (χ2v) is 23.0. The topological polar surface area (TPSA) is 6.48 Å². The summed E-state index contributed by atoms with van der Waals surface area (Å²) in [4.78, 5) is 4.94. The summed E-state index contributed by atoms with van der Waals surface area (Å²) in [6, 6.07) is 105. The van der Waals surface area contributed by atoms with Crippen LogP contribution < -0.4 is 9.80 Å². The van der Waals surface area contributed by atoms with Gasteiger partial charge in [0.05, 0.1) is 11.4 Å². The molecule has 1 aliphatic carbocycles. The van der Waals surface area contributed by atoms with E-state index in [0.717, 1.165) is 47.0 Å². The van der Waals surface area contributed by atoms with Gasteiger partial charge in [0.1, 0.15) is 0 Å². The minimum atomic E-state index is -0.189. The predicted octanol–water partition coefficient (Wildman–Crippen LogP) is 23.2. The number of hydrogen-bond donors (Lipinski definition) is 0. The summed E-state index contributed by atoms with van der Waals surface area (Å²) in [5.41, 5.74) is 12.2. The Labute approximate surface area is 482 Å². The fraction of sp³-hybridized carbons (Fsp3) is 0.0617. The first kappa shape index (κ1) is 47.5. The van der Waals surface area contributed by atoms with E-state index >= 15 is 0 Å². The normalized spacial score (nSPS) is 12.9. The van der Waals surface area contributed by atoms with Crippen molar-refractivity contribution in [2.45, 2.75) is 32.1 Å². The van der Waals surface area contributed by atoms with Crippen molar-refractivity contribution in [2.75, 3.05) is 9.80 Å². The van der Waals surface area contributed by atoms with Crippen LogP contribution >= 0.6 is 0 Å². The Morgan fingerprint density at radius 3 is 0.940 bits per heavy atom. The molecule has 2 nitrogen and oxygen atoms in total. The van der Waals surface area contributed by atoms with Gasteiger partial charge in [0.2, 0.25) is 0 Å². The standard InChI is InChI=1S/C81H56N2/c1-3-81(4-2)77-49-73-67-41-39-59(82(57-37-35-51-19-5-7-23-55(51)43-57)79-33-17-25-53-21-9-11-27-61(53)79)45-69(67)63-29-13-15-31-65(63)71(73)47-75(77)76-48-72-66-32-16-14-30-64(66)70-46-60(40-42-68(70)74(72)50-78(76)81)83(58-38-36-52-20-6-8-24-56(52)44-58)80-34-18-26-54-22-10-12-28-62(54)80/h5-50H,3-4H2,1-2H3. The second kappa shape index (κ2) is 18.4. The number of fused-ring (bicyclic) bond motifs is 19. The molecule has 0 saturated carbocycles. The third-order valence-corrected chi connectivity index (χ3v) is 19.0. The SMILES string of the molecule is CCC1(CC)c2cc3c4ccc(N(c5ccc6ccccc6c5)c5cccc6ccccc56)cc4c4ccccc4c3cc2-c2cc3c4ccccc4c4cc(N(c5ccc6ccccc6c5)c5cccc6ccccc56)ccc4c3cc21. The van der Waals surface area contributed by atoms with Crippen LogP contribution in [0.5, 0.6) is 0 Å². The van der Waals surface area contributed by atoms with Crippen molar-refractivity contribution in [1.82, 2.24) is 0 Å². The van der Waals surface area contributed by atoms with Crippen LogP contribution in [0, 0.1) is 0 Å². The second-order valence-electron chi connectivity index (χ2n) is 23.0. The summed E-state index contributed by atoms with van der Waals surface area (Å²) >= 11 is 0. The van der Waals surface area contributed by atoms with E-state index < -0.39 is 0 Å². The van der Waals surface area contributed by atoms with E-state index in [1.54, 1.807) is 0 Å². The molecule has 0 aliphatic heterocycles. The Morgan fingerprint density at radius 1 is 0.229 bits per heavy atom. The largest absolute Gasteiger partial charge is 0.310 e. The first-order valence-electron chi connectivity index (χ1n) is 29.4. The first-order chi connectivity index (χ1) is 41.0. The molecule has 1 aliphatic rings.